The molecular weight excluding hydrogens is 272 g/mol. The number of benzene rings is 1. The summed E-state index contributed by atoms with van der Waals surface area (Å²) in [6.45, 7) is 4.47. The van der Waals surface area contributed by atoms with Crippen molar-refractivity contribution in [1.82, 2.24) is 0 Å². The molecule has 2 aliphatic heterocycles. The maximum absolute atomic E-state index is 11.3. The summed E-state index contributed by atoms with van der Waals surface area (Å²) < 4.78 is 11.5. The minimum Gasteiger partial charge on any atom is -0.375 e. The van der Waals surface area contributed by atoms with Crippen LogP contribution in [0.2, 0.25) is 0 Å². The van der Waals surface area contributed by atoms with Crippen LogP contribution in [0.25, 0.3) is 0 Å². The van der Waals surface area contributed by atoms with Crippen LogP contribution in [-0.4, -0.2) is 43.4 Å². The minimum absolute atomic E-state index is 0.00127. The van der Waals surface area contributed by atoms with Crippen LogP contribution in [0.5, 0.6) is 0 Å². The summed E-state index contributed by atoms with van der Waals surface area (Å²) in [5.41, 5.74) is 1.58. The molecule has 3 rings (SSSR count). The van der Waals surface area contributed by atoms with Crippen LogP contribution in [0.4, 0.5) is 11.4 Å². The average Bonchev–Trinajstić information content (AvgIpc) is 3.01. The average molecular weight is 292 g/mol. The van der Waals surface area contributed by atoms with Gasteiger partial charge in [-0.2, -0.15) is 0 Å². The Balaban J connectivity index is 1.83. The number of aryl methyl sites for hydroxylation is 1. The highest BCUT2D eigenvalue weighted by molar-refractivity contribution is 5.66. The molecule has 0 N–H and O–H groups in total. The van der Waals surface area contributed by atoms with E-state index in [9.17, 15) is 10.1 Å². The molecule has 1 aromatic rings. The normalized spacial score (nSPS) is 26.0. The third-order valence-electron chi connectivity index (χ3n) is 4.21. The molecule has 2 aliphatic rings. The van der Waals surface area contributed by atoms with Crippen molar-refractivity contribution >= 4 is 11.4 Å². The number of morpholine rings is 1. The fourth-order valence-electron chi connectivity index (χ4n) is 3.15. The van der Waals surface area contributed by atoms with Crippen LogP contribution in [0, 0.1) is 17.0 Å². The van der Waals surface area contributed by atoms with E-state index in [-0.39, 0.29) is 22.8 Å². The van der Waals surface area contributed by atoms with E-state index < -0.39 is 0 Å². The summed E-state index contributed by atoms with van der Waals surface area (Å²) in [7, 11) is 0. The molecule has 6 heteroatoms. The van der Waals surface area contributed by atoms with Gasteiger partial charge >= 0.3 is 0 Å². The molecule has 2 fully saturated rings. The van der Waals surface area contributed by atoms with Crippen molar-refractivity contribution in [1.29, 1.82) is 0 Å². The Morgan fingerprint density at radius 1 is 1.29 bits per heavy atom. The van der Waals surface area contributed by atoms with Gasteiger partial charge in [0.15, 0.2) is 0 Å². The zero-order valence-electron chi connectivity index (χ0n) is 12.2. The molecule has 0 aliphatic carbocycles. The molecule has 114 valence electrons. The SMILES string of the molecule is Cc1cccc(N2CCO[C@H]([C@@H]3CCCO3)C2)c1[N+](=O)[O-]. The Labute approximate surface area is 123 Å². The quantitative estimate of drug-likeness (QED) is 0.631. The second-order valence-corrected chi connectivity index (χ2v) is 5.61. The lowest BCUT2D eigenvalue weighted by Gasteiger charge is -2.36. The van der Waals surface area contributed by atoms with Crippen LogP contribution >= 0.6 is 0 Å². The standard InChI is InChI=1S/C15H20N2O4/c1-11-4-2-5-12(15(11)17(18)19)16-7-9-21-14(10-16)13-6-3-8-20-13/h2,4-5,13-14H,3,6-10H2,1H3/t13-,14-/m0/s1. The van der Waals surface area contributed by atoms with Crippen molar-refractivity contribution in [3.05, 3.63) is 33.9 Å². The number of rotatable bonds is 3. The lowest BCUT2D eigenvalue weighted by molar-refractivity contribution is -0.384. The van der Waals surface area contributed by atoms with Crippen molar-refractivity contribution in [2.24, 2.45) is 0 Å². The molecule has 2 atom stereocenters. The second kappa shape index (κ2) is 5.99. The smallest absolute Gasteiger partial charge is 0.295 e. The Hall–Kier alpha value is -1.66. The largest absolute Gasteiger partial charge is 0.375 e. The van der Waals surface area contributed by atoms with Gasteiger partial charge in [0.05, 0.1) is 17.6 Å². The van der Waals surface area contributed by atoms with Crippen molar-refractivity contribution < 1.29 is 14.4 Å². The summed E-state index contributed by atoms with van der Waals surface area (Å²) in [6.07, 6.45) is 2.20. The number of para-hydroxylation sites is 1. The molecule has 0 radical (unpaired) electrons. The summed E-state index contributed by atoms with van der Waals surface area (Å²) in [5.74, 6) is 0. The van der Waals surface area contributed by atoms with E-state index in [1.54, 1.807) is 13.0 Å². The Morgan fingerprint density at radius 2 is 2.10 bits per heavy atom. The van der Waals surface area contributed by atoms with Gasteiger partial charge in [-0.15, -0.1) is 0 Å². The molecule has 2 saturated heterocycles. The van der Waals surface area contributed by atoms with Crippen molar-refractivity contribution in [3.63, 3.8) is 0 Å². The lowest BCUT2D eigenvalue weighted by atomic mass is 10.1. The first-order valence-electron chi connectivity index (χ1n) is 7.39. The molecule has 0 spiro atoms. The first kappa shape index (κ1) is 14.3. The van der Waals surface area contributed by atoms with Crippen molar-refractivity contribution in [3.8, 4) is 0 Å². The van der Waals surface area contributed by atoms with E-state index in [1.807, 2.05) is 12.1 Å². The van der Waals surface area contributed by atoms with E-state index >= 15 is 0 Å². The first-order chi connectivity index (χ1) is 10.2. The predicted molar refractivity (Wildman–Crippen MR) is 78.8 cm³/mol. The van der Waals surface area contributed by atoms with Gasteiger partial charge in [-0.3, -0.25) is 10.1 Å². The summed E-state index contributed by atoms with van der Waals surface area (Å²) in [6, 6.07) is 5.47. The number of anilines is 1. The highest BCUT2D eigenvalue weighted by Gasteiger charge is 2.33. The molecule has 0 aromatic heterocycles. The van der Waals surface area contributed by atoms with E-state index in [2.05, 4.69) is 4.90 Å². The third kappa shape index (κ3) is 2.87. The second-order valence-electron chi connectivity index (χ2n) is 5.61. The highest BCUT2D eigenvalue weighted by Crippen LogP contribution is 2.33. The van der Waals surface area contributed by atoms with Gasteiger partial charge in [-0.05, 0) is 25.8 Å². The van der Waals surface area contributed by atoms with Crippen LogP contribution < -0.4 is 4.90 Å². The molecule has 2 heterocycles. The maximum atomic E-state index is 11.3. The van der Waals surface area contributed by atoms with E-state index in [0.717, 1.165) is 19.4 Å². The van der Waals surface area contributed by atoms with Crippen LogP contribution in [-0.2, 0) is 9.47 Å². The maximum Gasteiger partial charge on any atom is 0.295 e. The van der Waals surface area contributed by atoms with E-state index in [0.29, 0.717) is 30.9 Å². The third-order valence-corrected chi connectivity index (χ3v) is 4.21. The Morgan fingerprint density at radius 3 is 2.81 bits per heavy atom. The number of nitrogens with zero attached hydrogens (tertiary/aromatic N) is 2. The zero-order valence-corrected chi connectivity index (χ0v) is 12.2. The molecular formula is C15H20N2O4. The molecule has 6 nitrogen and oxygen atoms in total. The van der Waals surface area contributed by atoms with Crippen LogP contribution in [0.15, 0.2) is 18.2 Å². The van der Waals surface area contributed by atoms with Crippen LogP contribution in [0.3, 0.4) is 0 Å². The Kier molecular flexibility index (Phi) is 4.07. The number of hydrogen-bond donors (Lipinski definition) is 0. The lowest BCUT2D eigenvalue weighted by Crippen LogP contribution is -2.47. The summed E-state index contributed by atoms with van der Waals surface area (Å²) >= 11 is 0. The Bertz CT molecular complexity index is 528. The van der Waals surface area contributed by atoms with Gasteiger partial charge < -0.3 is 14.4 Å². The van der Waals surface area contributed by atoms with Gasteiger partial charge in [0.2, 0.25) is 0 Å². The number of ether oxygens (including phenoxy) is 2. The fraction of sp³-hybridized carbons (Fsp3) is 0.600. The van der Waals surface area contributed by atoms with Gasteiger partial charge in [0.1, 0.15) is 11.8 Å². The van der Waals surface area contributed by atoms with Crippen molar-refractivity contribution in [2.75, 3.05) is 31.2 Å². The molecule has 0 saturated carbocycles. The number of hydrogen-bond acceptors (Lipinski definition) is 5. The molecule has 21 heavy (non-hydrogen) atoms. The summed E-state index contributed by atoms with van der Waals surface area (Å²) in [5, 5.41) is 11.3. The first-order valence-corrected chi connectivity index (χ1v) is 7.39. The van der Waals surface area contributed by atoms with Gasteiger partial charge in [0.25, 0.3) is 5.69 Å². The topological polar surface area (TPSA) is 64.8 Å². The molecule has 0 unspecified atom stereocenters. The minimum atomic E-state index is -0.290. The number of nitro benzene ring substituents is 1. The van der Waals surface area contributed by atoms with Gasteiger partial charge in [0, 0.05) is 25.3 Å². The monoisotopic (exact) mass is 292 g/mol. The fourth-order valence-corrected chi connectivity index (χ4v) is 3.15. The van der Waals surface area contributed by atoms with Crippen molar-refractivity contribution in [2.45, 2.75) is 32.0 Å². The predicted octanol–water partition coefficient (Wildman–Crippen LogP) is 2.29. The number of nitro groups is 1. The zero-order chi connectivity index (χ0) is 14.8. The van der Waals surface area contributed by atoms with E-state index in [1.165, 1.54) is 0 Å². The highest BCUT2D eigenvalue weighted by atomic mass is 16.6. The van der Waals surface area contributed by atoms with Crippen LogP contribution in [0.1, 0.15) is 18.4 Å². The molecule has 1 aromatic carbocycles. The van der Waals surface area contributed by atoms with E-state index in [4.69, 9.17) is 9.47 Å². The van der Waals surface area contributed by atoms with Gasteiger partial charge in [-0.25, -0.2) is 0 Å². The summed E-state index contributed by atoms with van der Waals surface area (Å²) in [4.78, 5) is 13.1. The molecule has 0 amide bonds. The van der Waals surface area contributed by atoms with Gasteiger partial charge in [-0.1, -0.05) is 12.1 Å². The molecule has 0 bridgehead atoms.